The molecule has 1 N–H and O–H groups in total. The average molecular weight is 289 g/mol. The lowest BCUT2D eigenvalue weighted by molar-refractivity contribution is 0.318. The molecule has 0 bridgehead atoms. The van der Waals surface area contributed by atoms with E-state index in [1.54, 1.807) is 7.11 Å². The summed E-state index contributed by atoms with van der Waals surface area (Å²) in [6.07, 6.45) is 0.957. The number of hydrogen-bond acceptors (Lipinski definition) is 5. The summed E-state index contributed by atoms with van der Waals surface area (Å²) in [6, 6.07) is 7.96. The van der Waals surface area contributed by atoms with Crippen LogP contribution in [0.15, 0.2) is 28.8 Å². The van der Waals surface area contributed by atoms with Gasteiger partial charge in [-0.1, -0.05) is 19.0 Å². The van der Waals surface area contributed by atoms with Crippen molar-refractivity contribution < 1.29 is 9.26 Å². The number of rotatable bonds is 7. The molecule has 1 aromatic carbocycles. The third kappa shape index (κ3) is 3.61. The first-order valence-corrected chi connectivity index (χ1v) is 7.41. The zero-order valence-electron chi connectivity index (χ0n) is 13.1. The summed E-state index contributed by atoms with van der Waals surface area (Å²) >= 11 is 0. The Bertz CT molecular complexity index is 551. The molecule has 0 spiro atoms. The highest BCUT2D eigenvalue weighted by Crippen LogP contribution is 2.25. The fraction of sp³-hybridized carbons (Fsp3) is 0.500. The Morgan fingerprint density at radius 2 is 1.95 bits per heavy atom. The minimum Gasteiger partial charge on any atom is -0.497 e. The number of benzene rings is 1. The molecule has 5 nitrogen and oxygen atoms in total. The third-order valence-corrected chi connectivity index (χ3v) is 3.68. The van der Waals surface area contributed by atoms with Crippen molar-refractivity contribution >= 4 is 0 Å². The summed E-state index contributed by atoms with van der Waals surface area (Å²) in [6.45, 7) is 7.31. The van der Waals surface area contributed by atoms with E-state index in [-0.39, 0.29) is 5.92 Å². The first-order chi connectivity index (χ1) is 10.2. The number of hydrogen-bond donors (Lipinski definition) is 1. The maximum atomic E-state index is 5.46. The van der Waals surface area contributed by atoms with Gasteiger partial charge in [-0.25, -0.2) is 0 Å². The number of nitrogens with zero attached hydrogens (tertiary/aromatic N) is 2. The minimum absolute atomic E-state index is 0.226. The van der Waals surface area contributed by atoms with E-state index >= 15 is 0 Å². The maximum Gasteiger partial charge on any atom is 0.231 e. The fourth-order valence-corrected chi connectivity index (χ4v) is 2.45. The van der Waals surface area contributed by atoms with Gasteiger partial charge in [0.05, 0.1) is 13.0 Å². The van der Waals surface area contributed by atoms with Crippen LogP contribution in [0.5, 0.6) is 5.75 Å². The largest absolute Gasteiger partial charge is 0.497 e. The Balaban J connectivity index is 2.19. The molecule has 2 aromatic rings. The molecule has 0 saturated heterocycles. The number of ether oxygens (including phenoxy) is 1. The van der Waals surface area contributed by atoms with Crippen LogP contribution < -0.4 is 10.1 Å². The molecular formula is C16H23N3O2. The van der Waals surface area contributed by atoms with E-state index in [4.69, 9.17) is 9.26 Å². The molecular weight excluding hydrogens is 266 g/mol. The Hall–Kier alpha value is -1.88. The molecule has 0 aliphatic rings. The Labute approximate surface area is 125 Å². The lowest BCUT2D eigenvalue weighted by Gasteiger charge is -2.19. The Morgan fingerprint density at radius 3 is 2.52 bits per heavy atom. The van der Waals surface area contributed by atoms with Crippen molar-refractivity contribution in [3.05, 3.63) is 30.2 Å². The van der Waals surface area contributed by atoms with Gasteiger partial charge >= 0.3 is 0 Å². The lowest BCUT2D eigenvalue weighted by atomic mass is 9.98. The zero-order chi connectivity index (χ0) is 15.2. The molecule has 0 fully saturated rings. The van der Waals surface area contributed by atoms with Gasteiger partial charge < -0.3 is 14.6 Å². The molecule has 1 aromatic heterocycles. The van der Waals surface area contributed by atoms with Crippen molar-refractivity contribution in [3.63, 3.8) is 0 Å². The lowest BCUT2D eigenvalue weighted by Crippen LogP contribution is -2.31. The van der Waals surface area contributed by atoms with Gasteiger partial charge in [-0.15, -0.1) is 0 Å². The van der Waals surface area contributed by atoms with E-state index in [9.17, 15) is 0 Å². The Morgan fingerprint density at radius 1 is 1.24 bits per heavy atom. The first kappa shape index (κ1) is 15.5. The Kier molecular flexibility index (Phi) is 5.33. The summed E-state index contributed by atoms with van der Waals surface area (Å²) in [7, 11) is 1.65. The maximum absolute atomic E-state index is 5.46. The van der Waals surface area contributed by atoms with Gasteiger partial charge in [0, 0.05) is 11.6 Å². The SMILES string of the molecule is CCNC(C)C(CC)c1nc(-c2ccc(OC)cc2)no1. The molecule has 0 saturated carbocycles. The van der Waals surface area contributed by atoms with Gasteiger partial charge in [-0.05, 0) is 44.2 Å². The van der Waals surface area contributed by atoms with Crippen molar-refractivity contribution in [2.45, 2.75) is 39.2 Å². The van der Waals surface area contributed by atoms with Crippen LogP contribution in [0.1, 0.15) is 39.0 Å². The average Bonchev–Trinajstić information content (AvgIpc) is 2.98. The van der Waals surface area contributed by atoms with Gasteiger partial charge in [0.2, 0.25) is 11.7 Å². The van der Waals surface area contributed by atoms with Gasteiger partial charge in [0.1, 0.15) is 5.75 Å². The molecule has 0 radical (unpaired) electrons. The van der Waals surface area contributed by atoms with E-state index in [1.807, 2.05) is 24.3 Å². The highest BCUT2D eigenvalue weighted by atomic mass is 16.5. The van der Waals surface area contributed by atoms with Crippen LogP contribution in [-0.4, -0.2) is 29.8 Å². The number of nitrogens with one attached hydrogen (secondary N) is 1. The van der Waals surface area contributed by atoms with Gasteiger partial charge in [-0.3, -0.25) is 0 Å². The predicted octanol–water partition coefficient (Wildman–Crippen LogP) is 3.24. The van der Waals surface area contributed by atoms with E-state index in [0.29, 0.717) is 17.8 Å². The molecule has 21 heavy (non-hydrogen) atoms. The zero-order valence-corrected chi connectivity index (χ0v) is 13.1. The van der Waals surface area contributed by atoms with Gasteiger partial charge in [0.25, 0.3) is 0 Å². The molecule has 2 rings (SSSR count). The predicted molar refractivity (Wildman–Crippen MR) is 82.5 cm³/mol. The van der Waals surface area contributed by atoms with Crippen molar-refractivity contribution in [3.8, 4) is 17.1 Å². The summed E-state index contributed by atoms with van der Waals surface area (Å²) in [5.41, 5.74) is 0.928. The second-order valence-corrected chi connectivity index (χ2v) is 5.05. The topological polar surface area (TPSA) is 60.2 Å². The standard InChI is InChI=1S/C16H23N3O2/c1-5-14(11(3)17-6-2)16-18-15(19-21-16)12-7-9-13(20-4)10-8-12/h7-11,14,17H,5-6H2,1-4H3. The molecule has 5 heteroatoms. The highest BCUT2D eigenvalue weighted by Gasteiger charge is 2.23. The van der Waals surface area contributed by atoms with Crippen LogP contribution in [0, 0.1) is 0 Å². The molecule has 0 aliphatic carbocycles. The second-order valence-electron chi connectivity index (χ2n) is 5.05. The van der Waals surface area contributed by atoms with Crippen LogP contribution in [0.4, 0.5) is 0 Å². The van der Waals surface area contributed by atoms with E-state index < -0.39 is 0 Å². The fourth-order valence-electron chi connectivity index (χ4n) is 2.45. The molecule has 2 unspecified atom stereocenters. The smallest absolute Gasteiger partial charge is 0.231 e. The second kappa shape index (κ2) is 7.22. The molecule has 1 heterocycles. The highest BCUT2D eigenvalue weighted by molar-refractivity contribution is 5.55. The van der Waals surface area contributed by atoms with E-state index in [0.717, 1.165) is 24.3 Å². The third-order valence-electron chi connectivity index (χ3n) is 3.68. The van der Waals surface area contributed by atoms with Gasteiger partial charge in [-0.2, -0.15) is 4.98 Å². The van der Waals surface area contributed by atoms with Crippen molar-refractivity contribution in [2.75, 3.05) is 13.7 Å². The summed E-state index contributed by atoms with van der Waals surface area (Å²) in [5.74, 6) is 2.35. The number of aromatic nitrogens is 2. The summed E-state index contributed by atoms with van der Waals surface area (Å²) < 4.78 is 10.6. The normalized spacial score (nSPS) is 13.9. The summed E-state index contributed by atoms with van der Waals surface area (Å²) in [4.78, 5) is 4.55. The van der Waals surface area contributed by atoms with Gasteiger partial charge in [0.15, 0.2) is 0 Å². The minimum atomic E-state index is 0.226. The number of likely N-dealkylation sites (N-methyl/N-ethyl adjacent to an activating group) is 1. The van der Waals surface area contributed by atoms with Crippen molar-refractivity contribution in [1.82, 2.24) is 15.5 Å². The molecule has 0 aliphatic heterocycles. The van der Waals surface area contributed by atoms with Crippen LogP contribution in [-0.2, 0) is 0 Å². The quantitative estimate of drug-likeness (QED) is 0.848. The molecule has 114 valence electrons. The monoisotopic (exact) mass is 289 g/mol. The molecule has 0 amide bonds. The number of methoxy groups -OCH3 is 1. The van der Waals surface area contributed by atoms with E-state index in [1.165, 1.54) is 0 Å². The molecule has 2 atom stereocenters. The van der Waals surface area contributed by atoms with Crippen LogP contribution in [0.2, 0.25) is 0 Å². The van der Waals surface area contributed by atoms with Crippen molar-refractivity contribution in [2.24, 2.45) is 0 Å². The van der Waals surface area contributed by atoms with E-state index in [2.05, 4.69) is 36.2 Å². The van der Waals surface area contributed by atoms with Crippen LogP contribution in [0.3, 0.4) is 0 Å². The van der Waals surface area contributed by atoms with Crippen LogP contribution >= 0.6 is 0 Å². The van der Waals surface area contributed by atoms with Crippen molar-refractivity contribution in [1.29, 1.82) is 0 Å². The summed E-state index contributed by atoms with van der Waals surface area (Å²) in [5, 5.41) is 7.51. The first-order valence-electron chi connectivity index (χ1n) is 7.41. The van der Waals surface area contributed by atoms with Crippen LogP contribution in [0.25, 0.3) is 11.4 Å².